The Balaban J connectivity index is 2.02. The first kappa shape index (κ1) is 19.8. The minimum atomic E-state index is -3.56. The Morgan fingerprint density at radius 1 is 1.40 bits per heavy atom. The van der Waals surface area contributed by atoms with E-state index in [2.05, 4.69) is 10.4 Å². The van der Waals surface area contributed by atoms with E-state index in [0.29, 0.717) is 31.7 Å². The minimum absolute atomic E-state index is 0.114. The molecular formula is C15H27N5O4S. The van der Waals surface area contributed by atoms with Gasteiger partial charge in [-0.05, 0) is 25.8 Å². The maximum absolute atomic E-state index is 12.6. The Morgan fingerprint density at radius 2 is 2.04 bits per heavy atom. The van der Waals surface area contributed by atoms with Gasteiger partial charge in [-0.25, -0.2) is 0 Å². The molecule has 9 nitrogen and oxygen atoms in total. The van der Waals surface area contributed by atoms with E-state index in [0.717, 1.165) is 5.69 Å². The maximum Gasteiger partial charge on any atom is 0.281 e. The lowest BCUT2D eigenvalue weighted by atomic mass is 10.1. The molecule has 0 aromatic carbocycles. The summed E-state index contributed by atoms with van der Waals surface area (Å²) in [7, 11) is 1.16. The van der Waals surface area contributed by atoms with Crippen LogP contribution in [0.2, 0.25) is 0 Å². The monoisotopic (exact) mass is 373 g/mol. The summed E-state index contributed by atoms with van der Waals surface area (Å²) in [4.78, 5) is 12.2. The van der Waals surface area contributed by atoms with Gasteiger partial charge in [-0.3, -0.25) is 9.48 Å². The second-order valence-electron chi connectivity index (χ2n) is 6.29. The lowest BCUT2D eigenvalue weighted by Crippen LogP contribution is -2.50. The van der Waals surface area contributed by atoms with Crippen LogP contribution in [0.4, 0.5) is 0 Å². The third kappa shape index (κ3) is 4.78. The number of hydrogen-bond acceptors (Lipinski definition) is 5. The van der Waals surface area contributed by atoms with E-state index >= 15 is 0 Å². The molecule has 0 radical (unpaired) electrons. The molecule has 2 rings (SSSR count). The van der Waals surface area contributed by atoms with Gasteiger partial charge in [0, 0.05) is 53.5 Å². The van der Waals surface area contributed by atoms with Gasteiger partial charge in [-0.1, -0.05) is 0 Å². The van der Waals surface area contributed by atoms with Crippen molar-refractivity contribution in [3.8, 4) is 0 Å². The van der Waals surface area contributed by atoms with Crippen molar-refractivity contribution in [2.24, 2.45) is 7.05 Å². The summed E-state index contributed by atoms with van der Waals surface area (Å²) in [6.07, 6.45) is 1.31. The Labute approximate surface area is 149 Å². The van der Waals surface area contributed by atoms with Crippen LogP contribution in [0.1, 0.15) is 29.0 Å². The highest BCUT2D eigenvalue weighted by Crippen LogP contribution is 2.19. The normalized spacial score (nSPS) is 16.6. The predicted octanol–water partition coefficient (Wildman–Crippen LogP) is -0.254. The van der Waals surface area contributed by atoms with Crippen molar-refractivity contribution in [1.82, 2.24) is 23.7 Å². The average Bonchev–Trinajstić information content (AvgIpc) is 2.90. The van der Waals surface area contributed by atoms with Crippen LogP contribution in [0.3, 0.4) is 0 Å². The highest BCUT2D eigenvalue weighted by molar-refractivity contribution is 7.86. The first-order valence-corrected chi connectivity index (χ1v) is 9.69. The summed E-state index contributed by atoms with van der Waals surface area (Å²) in [6.45, 7) is 3.35. The van der Waals surface area contributed by atoms with Gasteiger partial charge in [-0.2, -0.15) is 22.1 Å². The number of amides is 1. The molecule has 0 unspecified atom stereocenters. The van der Waals surface area contributed by atoms with E-state index in [1.165, 1.54) is 27.4 Å². The molecule has 0 aliphatic carbocycles. The molecule has 0 bridgehead atoms. The van der Waals surface area contributed by atoms with Gasteiger partial charge < -0.3 is 10.1 Å². The minimum Gasteiger partial charge on any atom is -0.381 e. The fourth-order valence-electron chi connectivity index (χ4n) is 2.86. The molecule has 1 aromatic rings. The molecule has 0 atom stereocenters. The van der Waals surface area contributed by atoms with Crippen LogP contribution in [0.5, 0.6) is 0 Å². The highest BCUT2D eigenvalue weighted by Gasteiger charge is 2.32. The van der Waals surface area contributed by atoms with E-state index in [1.807, 2.05) is 6.92 Å². The van der Waals surface area contributed by atoms with E-state index in [1.54, 1.807) is 13.1 Å². The summed E-state index contributed by atoms with van der Waals surface area (Å²) in [5.74, 6) is -0.266. The molecule has 1 amide bonds. The number of rotatable bonds is 7. The summed E-state index contributed by atoms with van der Waals surface area (Å²) in [6, 6.07) is 1.58. The summed E-state index contributed by atoms with van der Waals surface area (Å²) in [5, 5.41) is 6.92. The van der Waals surface area contributed by atoms with Gasteiger partial charge in [0.1, 0.15) is 5.69 Å². The van der Waals surface area contributed by atoms with Crippen LogP contribution >= 0.6 is 0 Å². The van der Waals surface area contributed by atoms with Gasteiger partial charge in [0.25, 0.3) is 16.1 Å². The van der Waals surface area contributed by atoms with Crippen LogP contribution in [0, 0.1) is 6.92 Å². The first-order valence-electron chi connectivity index (χ1n) is 8.29. The van der Waals surface area contributed by atoms with Crippen LogP contribution < -0.4 is 5.32 Å². The van der Waals surface area contributed by atoms with Crippen molar-refractivity contribution >= 4 is 16.1 Å². The Hall–Kier alpha value is -1.49. The number of carbonyl (C=O) groups is 1. The average molecular weight is 373 g/mol. The fraction of sp³-hybridized carbons (Fsp3) is 0.733. The molecule has 0 saturated carbocycles. The predicted molar refractivity (Wildman–Crippen MR) is 93.4 cm³/mol. The van der Waals surface area contributed by atoms with Crippen molar-refractivity contribution in [2.45, 2.75) is 25.8 Å². The molecule has 0 spiro atoms. The Bertz CT molecular complexity index is 695. The topological polar surface area (TPSA) is 96.8 Å². The van der Waals surface area contributed by atoms with E-state index in [-0.39, 0.29) is 25.0 Å². The van der Waals surface area contributed by atoms with Crippen LogP contribution in [-0.2, 0) is 22.0 Å². The van der Waals surface area contributed by atoms with Crippen LogP contribution in [0.15, 0.2) is 6.07 Å². The number of aryl methyl sites for hydroxylation is 2. The number of carbonyl (C=O) groups excluding carboxylic acids is 1. The van der Waals surface area contributed by atoms with Crippen molar-refractivity contribution in [3.63, 3.8) is 0 Å². The smallest absolute Gasteiger partial charge is 0.281 e. The van der Waals surface area contributed by atoms with Crippen molar-refractivity contribution in [2.75, 3.05) is 40.4 Å². The molecule has 10 heteroatoms. The van der Waals surface area contributed by atoms with Gasteiger partial charge in [0.05, 0.1) is 5.69 Å². The molecular weight excluding hydrogens is 346 g/mol. The number of nitrogens with one attached hydrogen (secondary N) is 1. The number of nitrogens with zero attached hydrogens (tertiary/aromatic N) is 4. The van der Waals surface area contributed by atoms with Crippen molar-refractivity contribution in [1.29, 1.82) is 0 Å². The largest absolute Gasteiger partial charge is 0.381 e. The molecule has 1 saturated heterocycles. The third-order valence-corrected chi connectivity index (χ3v) is 6.20. The summed E-state index contributed by atoms with van der Waals surface area (Å²) >= 11 is 0. The standard InChI is InChI=1S/C15H27N5O4S/c1-12-11-14(19(4)17-12)15(21)16-7-8-20(25(22,23)18(2)3)13-5-9-24-10-6-13/h11,13H,5-10H2,1-4H3,(H,16,21). The quantitative estimate of drug-likeness (QED) is 0.711. The molecule has 1 aliphatic heterocycles. The van der Waals surface area contributed by atoms with E-state index in [9.17, 15) is 13.2 Å². The zero-order valence-corrected chi connectivity index (χ0v) is 16.0. The number of hydrogen-bond donors (Lipinski definition) is 1. The van der Waals surface area contributed by atoms with Gasteiger partial charge in [0.2, 0.25) is 0 Å². The molecule has 142 valence electrons. The second kappa shape index (κ2) is 8.26. The Kier molecular flexibility index (Phi) is 6.55. The SMILES string of the molecule is Cc1cc(C(=O)NCCN(C2CCOCC2)S(=O)(=O)N(C)C)n(C)n1. The van der Waals surface area contributed by atoms with Crippen molar-refractivity contribution < 1.29 is 17.9 Å². The number of aromatic nitrogens is 2. The molecule has 1 N–H and O–H groups in total. The number of ether oxygens (including phenoxy) is 1. The van der Waals surface area contributed by atoms with E-state index < -0.39 is 10.2 Å². The van der Waals surface area contributed by atoms with E-state index in [4.69, 9.17) is 4.74 Å². The first-order chi connectivity index (χ1) is 11.7. The highest BCUT2D eigenvalue weighted by atomic mass is 32.2. The summed E-state index contributed by atoms with van der Waals surface area (Å²) < 4.78 is 34.7. The van der Waals surface area contributed by atoms with Crippen LogP contribution in [0.25, 0.3) is 0 Å². The summed E-state index contributed by atoms with van der Waals surface area (Å²) in [5.41, 5.74) is 1.21. The van der Waals surface area contributed by atoms with Gasteiger partial charge >= 0.3 is 0 Å². The van der Waals surface area contributed by atoms with Crippen LogP contribution in [-0.4, -0.2) is 79.2 Å². The van der Waals surface area contributed by atoms with Gasteiger partial charge in [0.15, 0.2) is 0 Å². The molecule has 1 fully saturated rings. The zero-order valence-electron chi connectivity index (χ0n) is 15.2. The maximum atomic E-state index is 12.6. The lowest BCUT2D eigenvalue weighted by Gasteiger charge is -2.34. The molecule has 1 aliphatic rings. The van der Waals surface area contributed by atoms with Gasteiger partial charge in [-0.15, -0.1) is 0 Å². The molecule has 1 aromatic heterocycles. The fourth-order valence-corrected chi connectivity index (χ4v) is 4.19. The third-order valence-electron chi connectivity index (χ3n) is 4.21. The molecule has 25 heavy (non-hydrogen) atoms. The van der Waals surface area contributed by atoms with Crippen molar-refractivity contribution in [3.05, 3.63) is 17.5 Å². The zero-order chi connectivity index (χ0) is 18.6. The second-order valence-corrected chi connectivity index (χ2v) is 8.39. The molecule has 2 heterocycles. The lowest BCUT2D eigenvalue weighted by molar-refractivity contribution is 0.0571. The Morgan fingerprint density at radius 3 is 2.56 bits per heavy atom.